The highest BCUT2D eigenvalue weighted by Crippen LogP contribution is 2.31. The first-order valence-corrected chi connectivity index (χ1v) is 12.1. The lowest BCUT2D eigenvalue weighted by molar-refractivity contribution is -0.152. The summed E-state index contributed by atoms with van der Waals surface area (Å²) in [6, 6.07) is 3.99. The Bertz CT molecular complexity index is 1080. The van der Waals surface area contributed by atoms with Gasteiger partial charge in [-0.1, -0.05) is 51.1 Å². The van der Waals surface area contributed by atoms with Crippen molar-refractivity contribution < 1.29 is 33.4 Å². The van der Waals surface area contributed by atoms with Gasteiger partial charge in [0.05, 0.1) is 26.8 Å². The van der Waals surface area contributed by atoms with Gasteiger partial charge < -0.3 is 24.4 Å². The molecule has 3 atom stereocenters. The molecule has 0 saturated carbocycles. The van der Waals surface area contributed by atoms with Crippen molar-refractivity contribution in [3.05, 3.63) is 41.0 Å². The van der Waals surface area contributed by atoms with Crippen LogP contribution in [0.3, 0.4) is 0 Å². The van der Waals surface area contributed by atoms with Gasteiger partial charge in [0.25, 0.3) is 0 Å². The van der Waals surface area contributed by atoms with Crippen LogP contribution in [0.4, 0.5) is 9.59 Å². The number of esters is 1. The number of benzene rings is 1. The molecular weight excluding hydrogens is 466 g/mol. The van der Waals surface area contributed by atoms with Gasteiger partial charge in [0.1, 0.15) is 18.2 Å². The van der Waals surface area contributed by atoms with Crippen LogP contribution < -0.4 is 5.32 Å². The maximum atomic E-state index is 13.6. The minimum atomic E-state index is -0.969. The molecule has 4 bridgehead atoms. The second-order valence-corrected chi connectivity index (χ2v) is 10.4. The van der Waals surface area contributed by atoms with Crippen molar-refractivity contribution in [3.8, 4) is 0 Å². The van der Waals surface area contributed by atoms with Gasteiger partial charge in [0, 0.05) is 13.0 Å². The quantitative estimate of drug-likeness (QED) is 0.467. The molecule has 10 heteroatoms. The maximum absolute atomic E-state index is 13.6. The number of ether oxygens (including phenoxy) is 3. The average molecular weight is 500 g/mol. The summed E-state index contributed by atoms with van der Waals surface area (Å²) >= 11 is 0. The van der Waals surface area contributed by atoms with E-state index in [1.54, 1.807) is 4.90 Å². The molecule has 0 unspecified atom stereocenters. The number of cyclic esters (lactones) is 1. The molecule has 0 spiro atoms. The zero-order chi connectivity index (χ0) is 26.0. The Labute approximate surface area is 210 Å². The summed E-state index contributed by atoms with van der Waals surface area (Å²) in [6.45, 7) is 6.40. The number of hydrogen-bond acceptors (Lipinski definition) is 7. The van der Waals surface area contributed by atoms with Gasteiger partial charge in [-0.05, 0) is 28.5 Å². The van der Waals surface area contributed by atoms with Gasteiger partial charge in [-0.3, -0.25) is 9.69 Å². The minimum Gasteiger partial charge on any atom is -0.467 e. The van der Waals surface area contributed by atoms with Crippen LogP contribution in [0.2, 0.25) is 0 Å². The number of carbonyl (C=O) groups is 4. The molecule has 10 nitrogen and oxygen atoms in total. The highest BCUT2D eigenvalue weighted by molar-refractivity contribution is 5.91. The molecule has 1 aromatic rings. The molecule has 1 aromatic carbocycles. The number of nitrogens with one attached hydrogen (secondary N) is 1. The smallest absolute Gasteiger partial charge is 0.410 e. The highest BCUT2D eigenvalue weighted by Gasteiger charge is 2.47. The van der Waals surface area contributed by atoms with Crippen molar-refractivity contribution in [2.45, 2.75) is 64.9 Å². The van der Waals surface area contributed by atoms with E-state index in [2.05, 4.69) is 5.32 Å². The van der Waals surface area contributed by atoms with Crippen molar-refractivity contribution >= 4 is 30.1 Å². The molecule has 4 rings (SSSR count). The van der Waals surface area contributed by atoms with Crippen molar-refractivity contribution in [2.24, 2.45) is 5.41 Å². The van der Waals surface area contributed by atoms with E-state index in [0.717, 1.165) is 16.7 Å². The van der Waals surface area contributed by atoms with Crippen LogP contribution in [0.25, 0.3) is 6.08 Å². The summed E-state index contributed by atoms with van der Waals surface area (Å²) in [5.74, 6) is -1.07. The fraction of sp³-hybridized carbons (Fsp3) is 0.538. The van der Waals surface area contributed by atoms with E-state index in [1.165, 1.54) is 12.0 Å². The summed E-state index contributed by atoms with van der Waals surface area (Å²) in [6.07, 6.45) is 2.54. The first kappa shape index (κ1) is 25.5. The second-order valence-electron chi connectivity index (χ2n) is 10.4. The van der Waals surface area contributed by atoms with Crippen molar-refractivity contribution in [1.29, 1.82) is 0 Å². The molecule has 1 N–H and O–H groups in total. The number of nitrogens with zero attached hydrogens (tertiary/aromatic N) is 2. The van der Waals surface area contributed by atoms with Gasteiger partial charge in [-0.2, -0.15) is 0 Å². The molecule has 1 fully saturated rings. The van der Waals surface area contributed by atoms with E-state index in [-0.39, 0.29) is 19.6 Å². The van der Waals surface area contributed by atoms with Gasteiger partial charge in [-0.15, -0.1) is 0 Å². The second kappa shape index (κ2) is 10.2. The van der Waals surface area contributed by atoms with E-state index >= 15 is 0 Å². The molecule has 0 aliphatic carbocycles. The summed E-state index contributed by atoms with van der Waals surface area (Å²) in [5.41, 5.74) is 2.38. The van der Waals surface area contributed by atoms with Gasteiger partial charge >= 0.3 is 18.2 Å². The largest absolute Gasteiger partial charge is 0.467 e. The Morgan fingerprint density at radius 3 is 2.67 bits per heavy atom. The van der Waals surface area contributed by atoms with E-state index in [0.29, 0.717) is 19.5 Å². The van der Waals surface area contributed by atoms with E-state index < -0.39 is 47.7 Å². The average Bonchev–Trinajstić information content (AvgIpc) is 3.45. The Balaban J connectivity index is 1.64. The normalized spacial score (nSPS) is 25.9. The standard InChI is InChI=1S/C26H33N3O7/c1-26(2,3)21-22(30)29-14-18(12-20(29)23(31)34-4)36-25(33)28-13-17-10-7-9-16(19(17)15-28)8-5-6-11-35-24(32)27-21/h5,7-10,18,20-21H,6,11-15H2,1-4H3,(H,27,32)/b8-5+/t18-,20+,21-/m1/s1. The van der Waals surface area contributed by atoms with Crippen LogP contribution in [0, 0.1) is 5.41 Å². The molecule has 194 valence electrons. The highest BCUT2D eigenvalue weighted by atomic mass is 16.6. The fourth-order valence-electron chi connectivity index (χ4n) is 4.84. The number of fused-ring (bicyclic) bond motifs is 3. The lowest BCUT2D eigenvalue weighted by Crippen LogP contribution is -2.57. The topological polar surface area (TPSA) is 114 Å². The minimum absolute atomic E-state index is 0.0163. The summed E-state index contributed by atoms with van der Waals surface area (Å²) in [4.78, 5) is 54.7. The maximum Gasteiger partial charge on any atom is 0.410 e. The summed E-state index contributed by atoms with van der Waals surface area (Å²) in [5, 5.41) is 2.67. The van der Waals surface area contributed by atoms with Crippen LogP contribution in [0.5, 0.6) is 0 Å². The van der Waals surface area contributed by atoms with Gasteiger partial charge in [0.15, 0.2) is 0 Å². The third kappa shape index (κ3) is 5.32. The number of amides is 3. The lowest BCUT2D eigenvalue weighted by atomic mass is 9.85. The molecular formula is C26H33N3O7. The molecule has 0 radical (unpaired) electrons. The first-order chi connectivity index (χ1) is 17.1. The lowest BCUT2D eigenvalue weighted by Gasteiger charge is -2.34. The molecule has 3 heterocycles. The molecule has 0 aromatic heterocycles. The number of rotatable bonds is 1. The van der Waals surface area contributed by atoms with Crippen LogP contribution in [-0.4, -0.2) is 72.3 Å². The Morgan fingerprint density at radius 2 is 1.94 bits per heavy atom. The van der Waals surface area contributed by atoms with Crippen LogP contribution >= 0.6 is 0 Å². The molecule has 1 saturated heterocycles. The van der Waals surface area contributed by atoms with Crippen LogP contribution in [0.15, 0.2) is 24.3 Å². The van der Waals surface area contributed by atoms with E-state index in [9.17, 15) is 19.2 Å². The number of carbonyl (C=O) groups excluding carboxylic acids is 4. The van der Waals surface area contributed by atoms with E-state index in [4.69, 9.17) is 14.2 Å². The SMILES string of the molecule is COC(=O)[C@@H]1C[C@@H]2CN1C(=O)[C@H](C(C)(C)C)NC(=O)OCC/C=C/c1cccc3c1CN(C3)C(=O)O2. The number of hydrogen-bond donors (Lipinski definition) is 1. The number of alkyl carbamates (subject to hydrolysis) is 1. The van der Waals surface area contributed by atoms with Crippen LogP contribution in [0.1, 0.15) is 50.3 Å². The Hall–Kier alpha value is -3.56. The Morgan fingerprint density at radius 1 is 1.17 bits per heavy atom. The van der Waals surface area contributed by atoms with Gasteiger partial charge in [-0.25, -0.2) is 14.4 Å². The van der Waals surface area contributed by atoms with Crippen molar-refractivity contribution in [1.82, 2.24) is 15.1 Å². The summed E-state index contributed by atoms with van der Waals surface area (Å²) < 4.78 is 16.0. The zero-order valence-electron chi connectivity index (χ0n) is 21.1. The predicted molar refractivity (Wildman–Crippen MR) is 129 cm³/mol. The monoisotopic (exact) mass is 499 g/mol. The third-order valence-electron chi connectivity index (χ3n) is 6.75. The Kier molecular flexibility index (Phi) is 7.23. The fourth-order valence-corrected chi connectivity index (χ4v) is 4.84. The van der Waals surface area contributed by atoms with Crippen molar-refractivity contribution in [3.63, 3.8) is 0 Å². The number of methoxy groups -OCH3 is 1. The van der Waals surface area contributed by atoms with E-state index in [1.807, 2.05) is 51.1 Å². The van der Waals surface area contributed by atoms with Crippen molar-refractivity contribution in [2.75, 3.05) is 20.3 Å². The molecule has 3 amide bonds. The molecule has 3 aliphatic rings. The molecule has 36 heavy (non-hydrogen) atoms. The van der Waals surface area contributed by atoms with Gasteiger partial charge in [0.2, 0.25) is 5.91 Å². The summed E-state index contributed by atoms with van der Waals surface area (Å²) in [7, 11) is 1.25. The molecule has 3 aliphatic heterocycles. The third-order valence-corrected chi connectivity index (χ3v) is 6.75. The predicted octanol–water partition coefficient (Wildman–Crippen LogP) is 2.84. The zero-order valence-corrected chi connectivity index (χ0v) is 21.1. The van der Waals surface area contributed by atoms with Crippen LogP contribution in [-0.2, 0) is 36.9 Å². The first-order valence-electron chi connectivity index (χ1n) is 12.1.